The van der Waals surface area contributed by atoms with Crippen molar-refractivity contribution >= 4 is 16.3 Å². The molecular weight excluding hydrogens is 164 g/mol. The Morgan fingerprint density at radius 3 is 2.55 bits per heavy atom. The lowest BCUT2D eigenvalue weighted by Crippen LogP contribution is -2.55. The number of carbonyl (C=O) groups is 1. The van der Waals surface area contributed by atoms with Crippen LogP contribution in [-0.4, -0.2) is 42.4 Å². The van der Waals surface area contributed by atoms with E-state index in [-0.39, 0.29) is 0 Å². The van der Waals surface area contributed by atoms with Gasteiger partial charge >= 0.3 is 6.03 Å². The number of urea groups is 1. The number of nitrogens with two attached hydrogens (primary N) is 1. The molecule has 3 N–H and O–H groups in total. The molecule has 66 valence electrons. The summed E-state index contributed by atoms with van der Waals surface area (Å²) in [6.07, 6.45) is 0. The van der Waals surface area contributed by atoms with E-state index >= 15 is 0 Å². The highest BCUT2D eigenvalue weighted by Gasteiger charge is 2.23. The molecule has 0 bridgehead atoms. The first-order valence-electron chi connectivity index (χ1n) is 3.16. The number of primary amides is 1. The van der Waals surface area contributed by atoms with Gasteiger partial charge in [0.05, 0.1) is 16.8 Å². The van der Waals surface area contributed by atoms with E-state index in [2.05, 4.69) is 5.32 Å². The van der Waals surface area contributed by atoms with Crippen molar-refractivity contribution in [1.82, 2.24) is 5.32 Å². The third-order valence-electron chi connectivity index (χ3n) is 1.26. The third-order valence-corrected chi connectivity index (χ3v) is 2.20. The van der Waals surface area contributed by atoms with Crippen molar-refractivity contribution in [3.05, 3.63) is 0 Å². The summed E-state index contributed by atoms with van der Waals surface area (Å²) in [6, 6.07) is -0.598. The van der Waals surface area contributed by atoms with Gasteiger partial charge in [-0.3, -0.25) is 0 Å². The van der Waals surface area contributed by atoms with E-state index in [0.717, 1.165) is 0 Å². The molecule has 0 saturated heterocycles. The molecule has 0 heterocycles. The summed E-state index contributed by atoms with van der Waals surface area (Å²) >= 11 is 0. The van der Waals surface area contributed by atoms with Gasteiger partial charge in [-0.25, -0.2) is 4.79 Å². The van der Waals surface area contributed by atoms with Crippen molar-refractivity contribution in [1.29, 1.82) is 0 Å². The van der Waals surface area contributed by atoms with Crippen molar-refractivity contribution in [3.63, 3.8) is 0 Å². The van der Waals surface area contributed by atoms with Crippen molar-refractivity contribution < 1.29 is 14.3 Å². The van der Waals surface area contributed by atoms with Crippen molar-refractivity contribution in [2.24, 2.45) is 5.73 Å². The average Bonchev–Trinajstić information content (AvgIpc) is 1.87. The Balaban J connectivity index is 3.98. The Labute approximate surface area is 68.6 Å². The summed E-state index contributed by atoms with van der Waals surface area (Å²) in [6.45, 7) is 0.318. The third kappa shape index (κ3) is 3.97. The molecule has 0 aromatic carbocycles. The number of hydrogen-bond acceptors (Lipinski definition) is 3. The molecule has 0 spiro atoms. The minimum absolute atomic E-state index is 0.318. The quantitative estimate of drug-likeness (QED) is 0.385. The Bertz CT molecular complexity index is 144. The molecule has 11 heavy (non-hydrogen) atoms. The average molecular weight is 178 g/mol. The molecular formula is C5H14N2O3Si. The minimum Gasteiger partial charge on any atom is -0.380 e. The van der Waals surface area contributed by atoms with Gasteiger partial charge in [0.1, 0.15) is 5.35 Å². The van der Waals surface area contributed by atoms with Crippen LogP contribution in [0.4, 0.5) is 4.79 Å². The summed E-state index contributed by atoms with van der Waals surface area (Å²) in [5.41, 5.74) is 4.92. The topological polar surface area (TPSA) is 73.6 Å². The van der Waals surface area contributed by atoms with Crippen LogP contribution in [0.1, 0.15) is 0 Å². The Morgan fingerprint density at radius 2 is 2.27 bits per heavy atom. The lowest BCUT2D eigenvalue weighted by atomic mass is 10.6. The molecule has 0 aromatic rings. The number of amides is 2. The summed E-state index contributed by atoms with van der Waals surface area (Å²) in [4.78, 5) is 10.4. The van der Waals surface area contributed by atoms with Crippen molar-refractivity contribution in [2.75, 3.05) is 20.8 Å². The SMILES string of the molecule is COCC([SiH3])(NC(N)=O)OC. The molecule has 0 saturated carbocycles. The van der Waals surface area contributed by atoms with E-state index in [1.165, 1.54) is 14.2 Å². The summed E-state index contributed by atoms with van der Waals surface area (Å²) in [5, 5.41) is 1.77. The highest BCUT2D eigenvalue weighted by atomic mass is 28.1. The van der Waals surface area contributed by atoms with E-state index in [1.807, 2.05) is 0 Å². The number of carbonyl (C=O) groups excluding carboxylic acids is 1. The van der Waals surface area contributed by atoms with Gasteiger partial charge in [0.2, 0.25) is 0 Å². The first kappa shape index (κ1) is 10.4. The van der Waals surface area contributed by atoms with Crippen LogP contribution in [-0.2, 0) is 9.47 Å². The van der Waals surface area contributed by atoms with Gasteiger partial charge in [0.15, 0.2) is 0 Å². The zero-order valence-electron chi connectivity index (χ0n) is 7.01. The molecule has 0 aliphatic rings. The fourth-order valence-electron chi connectivity index (χ4n) is 0.682. The minimum atomic E-state index is -0.694. The molecule has 0 radical (unpaired) electrons. The smallest absolute Gasteiger partial charge is 0.314 e. The maximum Gasteiger partial charge on any atom is 0.314 e. The molecule has 1 atom stereocenters. The predicted molar refractivity (Wildman–Crippen MR) is 44.3 cm³/mol. The molecule has 0 rings (SSSR count). The Morgan fingerprint density at radius 1 is 1.73 bits per heavy atom. The van der Waals surface area contributed by atoms with Gasteiger partial charge in [0.25, 0.3) is 0 Å². The van der Waals surface area contributed by atoms with E-state index in [0.29, 0.717) is 16.8 Å². The molecule has 6 heteroatoms. The highest BCUT2D eigenvalue weighted by Crippen LogP contribution is 1.98. The lowest BCUT2D eigenvalue weighted by Gasteiger charge is -2.27. The van der Waals surface area contributed by atoms with Gasteiger partial charge < -0.3 is 20.5 Å². The zero-order chi connectivity index (χ0) is 8.91. The van der Waals surface area contributed by atoms with E-state index in [1.54, 1.807) is 0 Å². The molecule has 0 aromatic heterocycles. The largest absolute Gasteiger partial charge is 0.380 e. The van der Waals surface area contributed by atoms with Gasteiger partial charge in [-0.2, -0.15) is 0 Å². The van der Waals surface area contributed by atoms with Crippen LogP contribution < -0.4 is 11.1 Å². The fourth-order valence-corrected chi connectivity index (χ4v) is 1.22. The van der Waals surface area contributed by atoms with Crippen LogP contribution in [0.5, 0.6) is 0 Å². The van der Waals surface area contributed by atoms with Gasteiger partial charge in [0, 0.05) is 14.2 Å². The van der Waals surface area contributed by atoms with E-state index in [4.69, 9.17) is 15.2 Å². The van der Waals surface area contributed by atoms with E-state index < -0.39 is 11.4 Å². The lowest BCUT2D eigenvalue weighted by molar-refractivity contribution is -0.0175. The zero-order valence-corrected chi connectivity index (χ0v) is 9.01. The Kier molecular flexibility index (Phi) is 4.09. The number of methoxy groups -OCH3 is 2. The van der Waals surface area contributed by atoms with Crippen molar-refractivity contribution in [3.8, 4) is 0 Å². The van der Waals surface area contributed by atoms with Crippen LogP contribution in [0.15, 0.2) is 0 Å². The summed E-state index contributed by atoms with van der Waals surface area (Å²) in [5.74, 6) is 0. The maximum absolute atomic E-state index is 10.4. The van der Waals surface area contributed by atoms with Crippen LogP contribution in [0.3, 0.4) is 0 Å². The summed E-state index contributed by atoms with van der Waals surface area (Å²) in [7, 11) is 3.66. The van der Waals surface area contributed by atoms with Gasteiger partial charge in [-0.15, -0.1) is 0 Å². The normalized spacial score (nSPS) is 15.8. The van der Waals surface area contributed by atoms with Crippen LogP contribution in [0, 0.1) is 0 Å². The number of rotatable bonds is 4. The van der Waals surface area contributed by atoms with Crippen molar-refractivity contribution in [2.45, 2.75) is 5.35 Å². The highest BCUT2D eigenvalue weighted by molar-refractivity contribution is 6.15. The van der Waals surface area contributed by atoms with E-state index in [9.17, 15) is 4.79 Å². The van der Waals surface area contributed by atoms with Crippen LogP contribution in [0.2, 0.25) is 0 Å². The number of ether oxygens (including phenoxy) is 2. The van der Waals surface area contributed by atoms with Gasteiger partial charge in [-0.05, 0) is 0 Å². The molecule has 0 aliphatic heterocycles. The first-order chi connectivity index (χ1) is 5.04. The molecule has 1 unspecified atom stereocenters. The van der Waals surface area contributed by atoms with Crippen LogP contribution in [0.25, 0.3) is 0 Å². The predicted octanol–water partition coefficient (Wildman–Crippen LogP) is -2.03. The number of hydrogen-bond donors (Lipinski definition) is 2. The fraction of sp³-hybridized carbons (Fsp3) is 0.800. The first-order valence-corrected chi connectivity index (χ1v) is 4.16. The second kappa shape index (κ2) is 4.32. The molecule has 5 nitrogen and oxygen atoms in total. The molecule has 0 aliphatic carbocycles. The second-order valence-electron chi connectivity index (χ2n) is 2.36. The molecule has 0 fully saturated rings. The van der Waals surface area contributed by atoms with Gasteiger partial charge in [-0.1, -0.05) is 0 Å². The molecule has 2 amide bonds. The van der Waals surface area contributed by atoms with Crippen LogP contribution >= 0.6 is 0 Å². The maximum atomic E-state index is 10.4. The second-order valence-corrected chi connectivity index (χ2v) is 3.97. The standard InChI is InChI=1S/C5H14N2O3Si/c1-9-3-5(11,10-2)7-4(6)8/h3H2,1-2,11H3,(H3,6,7,8). The Hall–Kier alpha value is -0.593. The number of nitrogens with one attached hydrogen (secondary N) is 1. The summed E-state index contributed by atoms with van der Waals surface area (Å²) < 4.78 is 9.85. The monoisotopic (exact) mass is 178 g/mol.